The van der Waals surface area contributed by atoms with Gasteiger partial charge in [-0.25, -0.2) is 0 Å². The van der Waals surface area contributed by atoms with Crippen LogP contribution < -0.4 is 0 Å². The van der Waals surface area contributed by atoms with Crippen molar-refractivity contribution in [2.45, 2.75) is 20.8 Å². The molecule has 0 aromatic heterocycles. The minimum atomic E-state index is -1.59. The van der Waals surface area contributed by atoms with Gasteiger partial charge in [0.1, 0.15) is 0 Å². The summed E-state index contributed by atoms with van der Waals surface area (Å²) in [6.45, 7) is 7.56. The molecule has 0 amide bonds. The van der Waals surface area contributed by atoms with Crippen molar-refractivity contribution in [2.24, 2.45) is 5.41 Å². The Kier molecular flexibility index (Phi) is 3.19. The monoisotopic (exact) mass is 212 g/mol. The first kappa shape index (κ1) is 10.2. The van der Waals surface area contributed by atoms with Crippen molar-refractivity contribution in [3.8, 4) is 0 Å². The van der Waals surface area contributed by atoms with Crippen LogP contribution in [0.15, 0.2) is 0 Å². The van der Waals surface area contributed by atoms with Crippen LogP contribution in [0.25, 0.3) is 0 Å². The van der Waals surface area contributed by atoms with Crippen molar-refractivity contribution in [1.82, 2.24) is 0 Å². The summed E-state index contributed by atoms with van der Waals surface area (Å²) in [5.74, 6) is -0.383. The molecular formula is C7H17OPS2. The van der Waals surface area contributed by atoms with E-state index in [1.165, 1.54) is 5.75 Å². The first-order chi connectivity index (χ1) is 4.97. The van der Waals surface area contributed by atoms with Gasteiger partial charge < -0.3 is 0 Å². The third-order valence-electron chi connectivity index (χ3n) is 1.82. The molecule has 0 atom stereocenters. The second-order valence-electron chi connectivity index (χ2n) is 3.81. The molecule has 0 saturated carbocycles. The van der Waals surface area contributed by atoms with Crippen molar-refractivity contribution in [3.05, 3.63) is 0 Å². The molecule has 0 spiro atoms. The van der Waals surface area contributed by atoms with E-state index in [4.69, 9.17) is 4.52 Å². The number of thiol groups is 1. The zero-order valence-electron chi connectivity index (χ0n) is 7.39. The summed E-state index contributed by atoms with van der Waals surface area (Å²) >= 11 is 6.56. The maximum atomic E-state index is 5.80. The van der Waals surface area contributed by atoms with Gasteiger partial charge in [-0.3, -0.25) is 0 Å². The molecule has 0 aliphatic carbocycles. The van der Waals surface area contributed by atoms with Crippen LogP contribution in [-0.4, -0.2) is 18.5 Å². The number of hydrogen-bond donors (Lipinski definition) is 1. The molecule has 0 N–H and O–H groups in total. The van der Waals surface area contributed by atoms with E-state index in [1.54, 1.807) is 0 Å². The van der Waals surface area contributed by atoms with E-state index in [-0.39, 0.29) is 0 Å². The molecule has 1 aliphatic rings. The molecule has 0 bridgehead atoms. The van der Waals surface area contributed by atoms with Gasteiger partial charge in [0.25, 0.3) is 0 Å². The molecule has 0 aromatic rings. The average molecular weight is 212 g/mol. The molecule has 1 nitrogen and oxygen atoms in total. The topological polar surface area (TPSA) is 9.23 Å². The van der Waals surface area contributed by atoms with E-state index in [0.717, 1.165) is 12.8 Å². The maximum absolute atomic E-state index is 5.80. The average Bonchev–Trinajstić information content (AvgIpc) is 1.97. The third kappa shape index (κ3) is 2.80. The van der Waals surface area contributed by atoms with Crippen LogP contribution in [0.1, 0.15) is 20.8 Å². The molecular weight excluding hydrogens is 195 g/mol. The predicted molar refractivity (Wildman–Crippen MR) is 60.0 cm³/mol. The molecule has 0 unspecified atom stereocenters. The summed E-state index contributed by atoms with van der Waals surface area (Å²) in [4.78, 5) is 0. The molecule has 1 aliphatic heterocycles. The van der Waals surface area contributed by atoms with E-state index in [9.17, 15) is 0 Å². The van der Waals surface area contributed by atoms with E-state index in [1.807, 2.05) is 11.4 Å². The van der Waals surface area contributed by atoms with E-state index >= 15 is 0 Å². The van der Waals surface area contributed by atoms with Crippen LogP contribution in [0.3, 0.4) is 0 Å². The van der Waals surface area contributed by atoms with E-state index in [0.29, 0.717) is 5.41 Å². The fraction of sp³-hybridized carbons (Fsp3) is 1.00. The molecule has 1 rings (SSSR count). The molecule has 0 aromatic carbocycles. The Balaban J connectivity index is 2.48. The van der Waals surface area contributed by atoms with Crippen LogP contribution in [-0.2, 0) is 4.52 Å². The summed E-state index contributed by atoms with van der Waals surface area (Å²) in [6, 6.07) is 0. The Morgan fingerprint density at radius 3 is 2.64 bits per heavy atom. The van der Waals surface area contributed by atoms with Crippen molar-refractivity contribution < 1.29 is 4.52 Å². The fourth-order valence-corrected chi connectivity index (χ4v) is 6.37. The molecule has 1 fully saturated rings. The Labute approximate surface area is 79.0 Å². The minimum absolute atomic E-state index is 0.360. The normalized spacial score (nSPS) is 31.3. The third-order valence-corrected chi connectivity index (χ3v) is 10.2. The first-order valence-electron chi connectivity index (χ1n) is 3.98. The quantitative estimate of drug-likeness (QED) is 0.528. The van der Waals surface area contributed by atoms with Gasteiger partial charge in [0.15, 0.2) is 0 Å². The second-order valence-corrected chi connectivity index (χ2v) is 12.7. The van der Waals surface area contributed by atoms with Crippen LogP contribution >= 0.6 is 29.5 Å². The van der Waals surface area contributed by atoms with E-state index in [2.05, 4.69) is 33.0 Å². The molecule has 0 radical (unpaired) electrons. The van der Waals surface area contributed by atoms with Gasteiger partial charge >= 0.3 is 78.8 Å². The van der Waals surface area contributed by atoms with Crippen LogP contribution in [0.4, 0.5) is 0 Å². The summed E-state index contributed by atoms with van der Waals surface area (Å²) < 4.78 is 5.80. The molecule has 4 heteroatoms. The van der Waals surface area contributed by atoms with Gasteiger partial charge in [0.05, 0.1) is 0 Å². The molecule has 1 saturated heterocycles. The zero-order valence-corrected chi connectivity index (χ0v) is 10.1. The van der Waals surface area contributed by atoms with Crippen LogP contribution in [0.2, 0.25) is 0 Å². The van der Waals surface area contributed by atoms with Gasteiger partial charge in [0, 0.05) is 0 Å². The van der Waals surface area contributed by atoms with Crippen molar-refractivity contribution in [3.63, 3.8) is 0 Å². The Morgan fingerprint density at radius 2 is 2.27 bits per heavy atom. The Hall–Kier alpha value is 1.09. The summed E-state index contributed by atoms with van der Waals surface area (Å²) in [6.07, 6.45) is 1.11. The van der Waals surface area contributed by atoms with Gasteiger partial charge in [0.2, 0.25) is 0 Å². The summed E-state index contributed by atoms with van der Waals surface area (Å²) in [5, 5.41) is 0. The van der Waals surface area contributed by atoms with Crippen molar-refractivity contribution in [2.75, 3.05) is 18.5 Å². The summed E-state index contributed by atoms with van der Waals surface area (Å²) in [7, 11) is 0. The SMILES string of the molecule is CC[PH]1(S)OCC(C)(C)CS1. The van der Waals surface area contributed by atoms with Gasteiger partial charge in [-0.1, -0.05) is 0 Å². The van der Waals surface area contributed by atoms with Crippen molar-refractivity contribution >= 4 is 29.5 Å². The molecule has 11 heavy (non-hydrogen) atoms. The van der Waals surface area contributed by atoms with Crippen LogP contribution in [0.5, 0.6) is 0 Å². The fourth-order valence-electron chi connectivity index (χ4n) is 0.904. The molecule has 1 heterocycles. The Morgan fingerprint density at radius 1 is 1.64 bits per heavy atom. The second kappa shape index (κ2) is 3.45. The summed E-state index contributed by atoms with van der Waals surface area (Å²) in [5.41, 5.74) is 0.360. The molecule has 68 valence electrons. The van der Waals surface area contributed by atoms with E-state index < -0.39 is 5.89 Å². The number of rotatable bonds is 1. The van der Waals surface area contributed by atoms with Gasteiger partial charge in [-0.15, -0.1) is 0 Å². The predicted octanol–water partition coefficient (Wildman–Crippen LogP) is 3.22. The number of hydrogen-bond acceptors (Lipinski definition) is 3. The Bertz CT molecular complexity index is 139. The van der Waals surface area contributed by atoms with Crippen LogP contribution in [0, 0.1) is 5.41 Å². The van der Waals surface area contributed by atoms with Gasteiger partial charge in [-0.05, 0) is 0 Å². The van der Waals surface area contributed by atoms with Crippen molar-refractivity contribution in [1.29, 1.82) is 0 Å². The van der Waals surface area contributed by atoms with Gasteiger partial charge in [-0.2, -0.15) is 0 Å². The standard InChI is InChI=1S/C7H17OPS2/c1-4-9(10)8-5-7(2,3)6-11-9/h9-10H,4-6H2,1-3H3. The first-order valence-corrected chi connectivity index (χ1v) is 9.09. The zero-order chi connectivity index (χ0) is 8.54.